The molecular weight excluding hydrogens is 599 g/mol. The number of nitrogens with zero attached hydrogens (tertiary/aromatic N) is 7. The van der Waals surface area contributed by atoms with Gasteiger partial charge in [-0.1, -0.05) is 0 Å². The number of aliphatic hydroxyl groups is 2. The molecule has 0 spiro atoms. The number of hydrogen-bond acceptors (Lipinski definition) is 17. The van der Waals surface area contributed by atoms with E-state index in [0.717, 1.165) is 0 Å². The van der Waals surface area contributed by atoms with Crippen LogP contribution in [-0.4, -0.2) is 111 Å². The zero-order valence-electron chi connectivity index (χ0n) is 21.8. The third-order valence-corrected chi connectivity index (χ3v) is 8.32. The Balaban J connectivity index is 1.06. The predicted octanol–water partition coefficient (Wildman–Crippen LogP) is -2.48. The second kappa shape index (κ2) is 10.5. The Hall–Kier alpha value is -3.63. The first-order valence-electron chi connectivity index (χ1n) is 12.8. The molecule has 3 saturated heterocycles. The van der Waals surface area contributed by atoms with E-state index in [2.05, 4.69) is 29.9 Å². The van der Waals surface area contributed by atoms with Gasteiger partial charge in [0.15, 0.2) is 35.1 Å². The summed E-state index contributed by atoms with van der Waals surface area (Å²) < 4.78 is 49.4. The number of aromatic amines is 1. The molecule has 7 rings (SSSR count). The number of phosphoric acid groups is 1. The largest absolute Gasteiger partial charge is 0.472 e. The van der Waals surface area contributed by atoms with Gasteiger partial charge in [-0.2, -0.15) is 4.98 Å². The second-order valence-corrected chi connectivity index (χ2v) is 11.3. The number of aromatic nitrogens is 8. The summed E-state index contributed by atoms with van der Waals surface area (Å²) >= 11 is 0. The molecule has 7 heterocycles. The molecule has 0 aromatic carbocycles. The van der Waals surface area contributed by atoms with Gasteiger partial charge in [0.25, 0.3) is 5.56 Å². The maximum atomic E-state index is 13.0. The first-order chi connectivity index (χ1) is 20.6. The first kappa shape index (κ1) is 28.2. The molecule has 3 aliphatic rings. The van der Waals surface area contributed by atoms with Gasteiger partial charge in [-0.25, -0.2) is 24.5 Å². The molecular formula is C21H25N10O11P. The maximum Gasteiger partial charge on any atom is 0.472 e. The number of anilines is 2. The van der Waals surface area contributed by atoms with Crippen molar-refractivity contribution in [1.29, 1.82) is 0 Å². The van der Waals surface area contributed by atoms with Gasteiger partial charge in [-0.3, -0.25) is 28.0 Å². The van der Waals surface area contributed by atoms with Gasteiger partial charge in [-0.05, 0) is 0 Å². The van der Waals surface area contributed by atoms with Crippen LogP contribution in [0, 0.1) is 0 Å². The van der Waals surface area contributed by atoms with E-state index >= 15 is 0 Å². The number of rotatable bonds is 8. The molecule has 4 aromatic heterocycles. The van der Waals surface area contributed by atoms with E-state index in [0.29, 0.717) is 11.2 Å². The van der Waals surface area contributed by atoms with Crippen LogP contribution in [0.2, 0.25) is 0 Å². The lowest BCUT2D eigenvalue weighted by Crippen LogP contribution is -2.36. The van der Waals surface area contributed by atoms with Crippen LogP contribution in [0.4, 0.5) is 11.8 Å². The minimum atomic E-state index is -4.91. The van der Waals surface area contributed by atoms with Crippen LogP contribution in [0.3, 0.4) is 0 Å². The molecule has 0 radical (unpaired) electrons. The topological polar surface area (TPSA) is 292 Å². The summed E-state index contributed by atoms with van der Waals surface area (Å²) in [6.07, 6.45) is -4.85. The van der Waals surface area contributed by atoms with Gasteiger partial charge in [-0.15, -0.1) is 0 Å². The van der Waals surface area contributed by atoms with Crippen LogP contribution >= 0.6 is 7.82 Å². The van der Waals surface area contributed by atoms with Gasteiger partial charge in [0.1, 0.15) is 55.3 Å². The number of nitrogens with one attached hydrogen (secondary N) is 1. The van der Waals surface area contributed by atoms with Crippen LogP contribution in [0.1, 0.15) is 12.5 Å². The molecule has 3 aliphatic heterocycles. The van der Waals surface area contributed by atoms with Gasteiger partial charge in [0.05, 0.1) is 25.9 Å². The molecule has 0 saturated carbocycles. The number of nitrogen functional groups attached to an aromatic ring is 2. The lowest BCUT2D eigenvalue weighted by Gasteiger charge is -2.24. The fourth-order valence-electron chi connectivity index (χ4n) is 5.41. The zero-order valence-corrected chi connectivity index (χ0v) is 22.7. The summed E-state index contributed by atoms with van der Waals surface area (Å²) in [6, 6.07) is 0. The molecule has 21 nitrogen and oxygen atoms in total. The Kier molecular flexibility index (Phi) is 6.89. The van der Waals surface area contributed by atoms with E-state index in [1.807, 2.05) is 0 Å². The fourth-order valence-corrected chi connectivity index (χ4v) is 6.37. The summed E-state index contributed by atoms with van der Waals surface area (Å²) in [7, 11) is -4.91. The molecule has 22 heteroatoms. The van der Waals surface area contributed by atoms with Crippen molar-refractivity contribution in [3.8, 4) is 0 Å². The standard InChI is InChI=1S/C21H25N10O11P/c22-15-9-16(25-3-24-15)30(4-26-9)20-14-13(37-6-38-14)8(41-20)2-39-43(35,36)42-12-7(1-32)40-19(11(12)33)31-5-27-10-17(31)28-21(23)29-18(10)34/h3-5,7-8,11-14,19-20,32-33H,1-2,6H2,(H,35,36)(H2,22,24,25)(H3,23,28,29,34)/t7-,8-,11-,12-,13-,14-,19-,20-/m1/s1. The molecule has 0 amide bonds. The third kappa shape index (κ3) is 4.75. The van der Waals surface area contributed by atoms with E-state index < -0.39 is 75.7 Å². The number of hydrogen-bond donors (Lipinski definition) is 6. The summed E-state index contributed by atoms with van der Waals surface area (Å²) in [5.41, 5.74) is 11.5. The number of aliphatic hydroxyl groups excluding tert-OH is 2. The van der Waals surface area contributed by atoms with Crippen LogP contribution in [0.25, 0.3) is 22.3 Å². The SMILES string of the molecule is Nc1nc2c(ncn2[C@@H]2O[C@H](CO)[C@@H](OP(=O)(O)OC[C@H]3O[C@@H](n4cnc5c(N)ncnc54)[C@@H]4OCO[C@@H]43)[C@H]2O)c(=O)[nH]1. The Bertz CT molecular complexity index is 1780. The van der Waals surface area contributed by atoms with Gasteiger partial charge < -0.3 is 45.5 Å². The highest BCUT2D eigenvalue weighted by Crippen LogP contribution is 2.50. The number of nitrogens with two attached hydrogens (primary N) is 2. The lowest BCUT2D eigenvalue weighted by atomic mass is 10.1. The monoisotopic (exact) mass is 624 g/mol. The fraction of sp³-hybridized carbons (Fsp3) is 0.524. The van der Waals surface area contributed by atoms with E-state index in [4.69, 9.17) is 39.5 Å². The normalized spacial score (nSPS) is 32.1. The average Bonchev–Trinajstić information content (AvgIpc) is 3.78. The number of H-pyrrole nitrogens is 1. The van der Waals surface area contributed by atoms with Crippen molar-refractivity contribution < 1.29 is 47.7 Å². The van der Waals surface area contributed by atoms with E-state index in [1.165, 1.54) is 23.5 Å². The number of phosphoric ester groups is 1. The lowest BCUT2D eigenvalue weighted by molar-refractivity contribution is -0.109. The molecule has 0 bridgehead atoms. The van der Waals surface area contributed by atoms with Crippen molar-refractivity contribution in [2.45, 2.75) is 49.1 Å². The number of imidazole rings is 2. The van der Waals surface area contributed by atoms with Crippen LogP contribution in [0.5, 0.6) is 0 Å². The molecule has 9 atom stereocenters. The predicted molar refractivity (Wildman–Crippen MR) is 138 cm³/mol. The second-order valence-electron chi connectivity index (χ2n) is 9.88. The molecule has 43 heavy (non-hydrogen) atoms. The van der Waals surface area contributed by atoms with Crippen molar-refractivity contribution >= 4 is 41.9 Å². The molecule has 4 aromatic rings. The van der Waals surface area contributed by atoms with Crippen LogP contribution in [0.15, 0.2) is 23.8 Å². The first-order valence-corrected chi connectivity index (χ1v) is 14.3. The van der Waals surface area contributed by atoms with E-state index in [9.17, 15) is 24.5 Å². The maximum absolute atomic E-state index is 13.0. The van der Waals surface area contributed by atoms with E-state index in [1.54, 1.807) is 4.57 Å². The smallest absolute Gasteiger partial charge is 0.394 e. The van der Waals surface area contributed by atoms with Gasteiger partial charge in [0, 0.05) is 0 Å². The summed E-state index contributed by atoms with van der Waals surface area (Å²) in [5, 5.41) is 20.9. The third-order valence-electron chi connectivity index (χ3n) is 7.34. The Morgan fingerprint density at radius 2 is 1.74 bits per heavy atom. The zero-order chi connectivity index (χ0) is 30.0. The molecule has 0 aliphatic carbocycles. The minimum absolute atomic E-state index is 0.0211. The van der Waals surface area contributed by atoms with Crippen molar-refractivity contribution in [1.82, 2.24) is 39.0 Å². The van der Waals surface area contributed by atoms with Crippen LogP contribution < -0.4 is 17.0 Å². The number of ether oxygens (including phenoxy) is 4. The molecule has 8 N–H and O–H groups in total. The molecule has 3 fully saturated rings. The Morgan fingerprint density at radius 3 is 2.53 bits per heavy atom. The van der Waals surface area contributed by atoms with Crippen molar-refractivity contribution in [3.05, 3.63) is 29.3 Å². The summed E-state index contributed by atoms with van der Waals surface area (Å²) in [4.78, 5) is 45.4. The van der Waals surface area contributed by atoms with Crippen molar-refractivity contribution in [2.75, 3.05) is 31.5 Å². The highest BCUT2D eigenvalue weighted by atomic mass is 31.2. The van der Waals surface area contributed by atoms with Gasteiger partial charge >= 0.3 is 7.82 Å². The van der Waals surface area contributed by atoms with Crippen LogP contribution in [-0.2, 0) is 32.6 Å². The van der Waals surface area contributed by atoms with Crippen molar-refractivity contribution in [2.24, 2.45) is 0 Å². The molecule has 230 valence electrons. The van der Waals surface area contributed by atoms with Crippen molar-refractivity contribution in [3.63, 3.8) is 0 Å². The average molecular weight is 624 g/mol. The Labute approximate surface area is 238 Å². The Morgan fingerprint density at radius 1 is 1.02 bits per heavy atom. The minimum Gasteiger partial charge on any atom is -0.394 e. The highest BCUT2D eigenvalue weighted by Gasteiger charge is 2.53. The number of fused-ring (bicyclic) bond motifs is 3. The quantitative estimate of drug-likeness (QED) is 0.111. The highest BCUT2D eigenvalue weighted by molar-refractivity contribution is 7.47. The van der Waals surface area contributed by atoms with Gasteiger partial charge in [0.2, 0.25) is 5.95 Å². The summed E-state index contributed by atoms with van der Waals surface area (Å²) in [6.45, 7) is -1.23. The van der Waals surface area contributed by atoms with E-state index in [-0.39, 0.29) is 29.7 Å². The molecule has 1 unspecified atom stereocenters. The summed E-state index contributed by atoms with van der Waals surface area (Å²) in [5.74, 6) is -0.0303.